The van der Waals surface area contributed by atoms with Gasteiger partial charge in [0.2, 0.25) is 0 Å². The van der Waals surface area contributed by atoms with Crippen molar-refractivity contribution >= 4 is 5.91 Å². The molecule has 3 heterocycles. The number of pyridine rings is 1. The van der Waals surface area contributed by atoms with Crippen molar-refractivity contribution in [1.82, 2.24) is 14.4 Å². The number of carbonyl (C=O) groups excluding carboxylic acids is 1. The van der Waals surface area contributed by atoms with E-state index in [1.807, 2.05) is 6.07 Å². The Bertz CT molecular complexity index is 1350. The molecule has 5 fully saturated rings. The second-order valence-electron chi connectivity index (χ2n) is 13.0. The zero-order chi connectivity index (χ0) is 26.4. The van der Waals surface area contributed by atoms with Gasteiger partial charge in [-0.2, -0.15) is 0 Å². The summed E-state index contributed by atoms with van der Waals surface area (Å²) >= 11 is 0. The molecule has 2 bridgehead atoms. The second kappa shape index (κ2) is 8.45. The van der Waals surface area contributed by atoms with Crippen LogP contribution in [-0.2, 0) is 18.9 Å². The average Bonchev–Trinajstić information content (AvgIpc) is 3.61. The minimum Gasteiger partial charge on any atom is -0.508 e. The highest BCUT2D eigenvalue weighted by molar-refractivity contribution is 5.93. The molecule has 3 saturated carbocycles. The molecule has 3 aliphatic carbocycles. The highest BCUT2D eigenvalue weighted by Crippen LogP contribution is 2.73. The Labute approximate surface area is 225 Å². The number of phenolic OH excluding ortho intramolecular Hbond substituents is 1. The van der Waals surface area contributed by atoms with Crippen LogP contribution in [0.5, 0.6) is 5.75 Å². The lowest BCUT2D eigenvalue weighted by atomic mass is 9.46. The molecule has 1 aromatic carbocycles. The summed E-state index contributed by atoms with van der Waals surface area (Å²) in [6.45, 7) is 7.82. The monoisotopic (exact) mass is 515 g/mol. The summed E-state index contributed by atoms with van der Waals surface area (Å²) < 4.78 is 1.50. The van der Waals surface area contributed by atoms with Crippen molar-refractivity contribution < 1.29 is 9.90 Å². The summed E-state index contributed by atoms with van der Waals surface area (Å²) in [4.78, 5) is 31.3. The topological polar surface area (TPSA) is 65.8 Å². The Kier molecular flexibility index (Phi) is 5.43. The fourth-order valence-corrected chi connectivity index (χ4v) is 9.92. The SMILES string of the molecule is CCc1ccc(O)cc1C12CCN(CC3CC3)C(C)C13CCC1C2[C@@H](CN1C(=O)c1cccc(=O)n1C)C3. The van der Waals surface area contributed by atoms with Crippen molar-refractivity contribution in [2.45, 2.75) is 76.3 Å². The third-order valence-corrected chi connectivity index (χ3v) is 11.7. The summed E-state index contributed by atoms with van der Waals surface area (Å²) in [5.41, 5.74) is 3.18. The van der Waals surface area contributed by atoms with Crippen LogP contribution in [-0.4, -0.2) is 57.1 Å². The highest BCUT2D eigenvalue weighted by Gasteiger charge is 2.74. The molecule has 0 spiro atoms. The van der Waals surface area contributed by atoms with Gasteiger partial charge in [-0.25, -0.2) is 0 Å². The van der Waals surface area contributed by atoms with Crippen LogP contribution in [0, 0.1) is 23.2 Å². The van der Waals surface area contributed by atoms with Gasteiger partial charge in [-0.3, -0.25) is 14.5 Å². The zero-order valence-corrected chi connectivity index (χ0v) is 23.0. The van der Waals surface area contributed by atoms with E-state index in [1.54, 1.807) is 19.2 Å². The Morgan fingerprint density at radius 3 is 2.71 bits per heavy atom. The molecule has 38 heavy (non-hydrogen) atoms. The largest absolute Gasteiger partial charge is 0.508 e. The van der Waals surface area contributed by atoms with Crippen LogP contribution in [0.3, 0.4) is 0 Å². The standard InChI is InChI=1S/C32H41N3O3/c1-4-22-10-11-24(36)16-25(22)32-14-15-34(18-21-8-9-21)20(2)31(32)13-12-26-29(32)23(17-31)19-35(26)30(38)27-6-5-7-28(37)33(27)3/h5-7,10-11,16,20-21,23,26,29,36H,4,8-9,12-15,17-19H2,1-3H3/t20?,23-,26?,29?,31?,32?/m1/s1. The molecule has 2 aliphatic heterocycles. The molecule has 1 N–H and O–H groups in total. The normalized spacial score (nSPS) is 35.9. The van der Waals surface area contributed by atoms with E-state index in [2.05, 4.69) is 35.8 Å². The lowest BCUT2D eigenvalue weighted by Crippen LogP contribution is -2.66. The Morgan fingerprint density at radius 2 is 1.95 bits per heavy atom. The molecule has 5 unspecified atom stereocenters. The van der Waals surface area contributed by atoms with Crippen LogP contribution in [0.1, 0.15) is 74.0 Å². The number of hydrogen-bond acceptors (Lipinski definition) is 4. The number of piperidine rings is 1. The van der Waals surface area contributed by atoms with Crippen molar-refractivity contribution in [3.63, 3.8) is 0 Å². The highest BCUT2D eigenvalue weighted by atomic mass is 16.3. The molecule has 6 heteroatoms. The van der Waals surface area contributed by atoms with Gasteiger partial charge in [0.1, 0.15) is 11.4 Å². The maximum atomic E-state index is 14.0. The minimum atomic E-state index is -0.140. The molecule has 6 atom stereocenters. The maximum absolute atomic E-state index is 14.0. The third-order valence-electron chi connectivity index (χ3n) is 11.7. The second-order valence-corrected chi connectivity index (χ2v) is 13.0. The lowest BCUT2D eigenvalue weighted by Gasteiger charge is -2.63. The summed E-state index contributed by atoms with van der Waals surface area (Å²) in [6, 6.07) is 11.8. The maximum Gasteiger partial charge on any atom is 0.270 e. The van der Waals surface area contributed by atoms with Crippen molar-refractivity contribution in [3.8, 4) is 5.75 Å². The lowest BCUT2D eigenvalue weighted by molar-refractivity contribution is -0.0871. The van der Waals surface area contributed by atoms with Gasteiger partial charge in [-0.1, -0.05) is 19.1 Å². The van der Waals surface area contributed by atoms with E-state index in [0.29, 0.717) is 29.3 Å². The number of aryl methyl sites for hydroxylation is 1. The van der Waals surface area contributed by atoms with Crippen molar-refractivity contribution in [2.24, 2.45) is 30.2 Å². The first-order chi connectivity index (χ1) is 18.3. The van der Waals surface area contributed by atoms with Crippen LogP contribution in [0.15, 0.2) is 41.2 Å². The van der Waals surface area contributed by atoms with Gasteiger partial charge < -0.3 is 14.6 Å². The number of phenols is 1. The molecular weight excluding hydrogens is 474 g/mol. The van der Waals surface area contributed by atoms with E-state index in [1.165, 1.54) is 41.1 Å². The Morgan fingerprint density at radius 1 is 1.13 bits per heavy atom. The van der Waals surface area contributed by atoms with Gasteiger partial charge in [0.15, 0.2) is 0 Å². The molecule has 5 aliphatic rings. The number of aromatic hydroxyl groups is 1. The van der Waals surface area contributed by atoms with Gasteiger partial charge >= 0.3 is 0 Å². The number of amides is 1. The summed E-state index contributed by atoms with van der Waals surface area (Å²) in [5.74, 6) is 2.06. The predicted molar refractivity (Wildman–Crippen MR) is 147 cm³/mol. The third kappa shape index (κ3) is 3.16. The van der Waals surface area contributed by atoms with Crippen molar-refractivity contribution in [2.75, 3.05) is 19.6 Å². The number of benzene rings is 1. The number of likely N-dealkylation sites (tertiary alicyclic amines) is 2. The van der Waals surface area contributed by atoms with Gasteiger partial charge in [-0.05, 0) is 111 Å². The molecule has 7 rings (SSSR count). The van der Waals surface area contributed by atoms with E-state index in [9.17, 15) is 14.7 Å². The number of nitrogens with zero attached hydrogens (tertiary/aromatic N) is 3. The van der Waals surface area contributed by atoms with Gasteiger partial charge in [-0.15, -0.1) is 0 Å². The molecule has 2 saturated heterocycles. The number of aromatic nitrogens is 1. The molecule has 202 valence electrons. The molecule has 0 radical (unpaired) electrons. The molecular formula is C32H41N3O3. The van der Waals surface area contributed by atoms with Gasteiger partial charge in [0.25, 0.3) is 11.5 Å². The van der Waals surface area contributed by atoms with E-state index in [4.69, 9.17) is 0 Å². The Balaban J connectivity index is 1.35. The van der Waals surface area contributed by atoms with Crippen LogP contribution in [0.4, 0.5) is 0 Å². The van der Waals surface area contributed by atoms with Crippen LogP contribution >= 0.6 is 0 Å². The number of rotatable bonds is 5. The fraction of sp³-hybridized carbons (Fsp3) is 0.625. The van der Waals surface area contributed by atoms with Crippen molar-refractivity contribution in [3.05, 3.63) is 63.6 Å². The van der Waals surface area contributed by atoms with E-state index >= 15 is 0 Å². The van der Waals surface area contributed by atoms with Gasteiger partial charge in [0.05, 0.1) is 0 Å². The molecule has 6 nitrogen and oxygen atoms in total. The molecule has 1 aromatic heterocycles. The molecule has 1 amide bonds. The first-order valence-electron chi connectivity index (χ1n) is 14.8. The van der Waals surface area contributed by atoms with Crippen molar-refractivity contribution in [1.29, 1.82) is 0 Å². The fourth-order valence-electron chi connectivity index (χ4n) is 9.92. The molecule has 2 aromatic rings. The zero-order valence-electron chi connectivity index (χ0n) is 23.0. The summed E-state index contributed by atoms with van der Waals surface area (Å²) in [6.07, 6.45) is 8.09. The first kappa shape index (κ1) is 24.4. The van der Waals surface area contributed by atoms with E-state index < -0.39 is 0 Å². The number of carbonyl (C=O) groups is 1. The van der Waals surface area contributed by atoms with E-state index in [0.717, 1.165) is 51.1 Å². The van der Waals surface area contributed by atoms with Crippen LogP contribution < -0.4 is 5.56 Å². The van der Waals surface area contributed by atoms with Crippen LogP contribution in [0.25, 0.3) is 0 Å². The van der Waals surface area contributed by atoms with E-state index in [-0.39, 0.29) is 28.3 Å². The minimum absolute atomic E-state index is 0.00177. The smallest absolute Gasteiger partial charge is 0.270 e. The Hall–Kier alpha value is -2.60. The first-order valence-corrected chi connectivity index (χ1v) is 14.8. The summed E-state index contributed by atoms with van der Waals surface area (Å²) in [7, 11) is 1.71. The quantitative estimate of drug-likeness (QED) is 0.644. The number of hydrogen-bond donors (Lipinski definition) is 1. The average molecular weight is 516 g/mol. The van der Waals surface area contributed by atoms with Gasteiger partial charge in [0, 0.05) is 43.7 Å². The van der Waals surface area contributed by atoms with Crippen LogP contribution in [0.2, 0.25) is 0 Å². The summed E-state index contributed by atoms with van der Waals surface area (Å²) in [5, 5.41) is 10.8. The predicted octanol–water partition coefficient (Wildman–Crippen LogP) is 4.34.